The number of hydrogen-bond acceptors (Lipinski definition) is 5. The van der Waals surface area contributed by atoms with Crippen molar-refractivity contribution in [1.82, 2.24) is 9.62 Å². The number of hydrogen-bond donors (Lipinski definition) is 1. The first-order valence-electron chi connectivity index (χ1n) is 6.78. The lowest BCUT2D eigenvalue weighted by Gasteiger charge is -2.48. The molecule has 0 unspecified atom stereocenters. The molecule has 6 nitrogen and oxygen atoms in total. The van der Waals surface area contributed by atoms with Crippen LogP contribution in [-0.4, -0.2) is 56.7 Å². The van der Waals surface area contributed by atoms with Crippen LogP contribution in [-0.2, 0) is 19.6 Å². The lowest BCUT2D eigenvalue weighted by molar-refractivity contribution is -0.137. The highest BCUT2D eigenvalue weighted by Crippen LogP contribution is 2.36. The molecule has 0 atom stereocenters. The van der Waals surface area contributed by atoms with E-state index in [0.29, 0.717) is 19.6 Å². The Kier molecular flexibility index (Phi) is 4.47. The van der Waals surface area contributed by atoms with Crippen LogP contribution in [0.25, 0.3) is 0 Å². The molecule has 1 N–H and O–H groups in total. The average Bonchev–Trinajstić information content (AvgIpc) is 2.39. The zero-order valence-electron chi connectivity index (χ0n) is 11.4. The Bertz CT molecular complexity index is 421. The maximum atomic E-state index is 12.4. The highest BCUT2D eigenvalue weighted by atomic mass is 32.2. The summed E-state index contributed by atoms with van der Waals surface area (Å²) in [5.74, 6) is -1.24. The van der Waals surface area contributed by atoms with E-state index < -0.39 is 21.7 Å². The fraction of sp³-hybridized carbons (Fsp3) is 0.917. The SMILES string of the molecule is COC(=O)CS(=O)(=O)N1CCNCC12CCCCC2. The lowest BCUT2D eigenvalue weighted by atomic mass is 9.80. The fourth-order valence-corrected chi connectivity index (χ4v) is 4.96. The molecule has 1 aliphatic carbocycles. The molecule has 2 aliphatic rings. The van der Waals surface area contributed by atoms with Gasteiger partial charge in [-0.3, -0.25) is 4.79 Å². The molecule has 2 fully saturated rings. The second kappa shape index (κ2) is 5.76. The number of rotatable bonds is 3. The van der Waals surface area contributed by atoms with E-state index in [1.807, 2.05) is 0 Å². The molecule has 0 aromatic heterocycles. The van der Waals surface area contributed by atoms with Crippen molar-refractivity contribution in [3.05, 3.63) is 0 Å². The monoisotopic (exact) mass is 290 g/mol. The minimum absolute atomic E-state index is 0.330. The van der Waals surface area contributed by atoms with E-state index in [1.165, 1.54) is 7.11 Å². The topological polar surface area (TPSA) is 75.7 Å². The van der Waals surface area contributed by atoms with Crippen molar-refractivity contribution in [1.29, 1.82) is 0 Å². The largest absolute Gasteiger partial charge is 0.468 e. The minimum Gasteiger partial charge on any atom is -0.468 e. The third-order valence-electron chi connectivity index (χ3n) is 4.12. The predicted octanol–water partition coefficient (Wildman–Crippen LogP) is 0.0973. The van der Waals surface area contributed by atoms with Crippen LogP contribution < -0.4 is 5.32 Å². The van der Waals surface area contributed by atoms with Gasteiger partial charge in [0.25, 0.3) is 0 Å². The summed E-state index contributed by atoms with van der Waals surface area (Å²) in [6.45, 7) is 1.77. The highest BCUT2D eigenvalue weighted by molar-refractivity contribution is 7.89. The van der Waals surface area contributed by atoms with E-state index >= 15 is 0 Å². The molecule has 1 heterocycles. The zero-order valence-corrected chi connectivity index (χ0v) is 12.2. The van der Waals surface area contributed by atoms with Crippen LogP contribution in [0.3, 0.4) is 0 Å². The molecule has 0 bridgehead atoms. The lowest BCUT2D eigenvalue weighted by Crippen LogP contribution is -2.64. The van der Waals surface area contributed by atoms with E-state index in [2.05, 4.69) is 10.1 Å². The van der Waals surface area contributed by atoms with Gasteiger partial charge in [-0.25, -0.2) is 8.42 Å². The van der Waals surface area contributed by atoms with Crippen molar-refractivity contribution < 1.29 is 17.9 Å². The third-order valence-corrected chi connectivity index (χ3v) is 5.96. The van der Waals surface area contributed by atoms with Crippen LogP contribution in [0, 0.1) is 0 Å². The number of ether oxygens (including phenoxy) is 1. The molecule has 1 saturated carbocycles. The molecule has 0 aromatic rings. The van der Waals surface area contributed by atoms with E-state index in [9.17, 15) is 13.2 Å². The normalized spacial score (nSPS) is 24.3. The number of esters is 1. The maximum absolute atomic E-state index is 12.4. The van der Waals surface area contributed by atoms with Crippen LogP contribution in [0.2, 0.25) is 0 Å². The molecule has 7 heteroatoms. The molecule has 19 heavy (non-hydrogen) atoms. The van der Waals surface area contributed by atoms with E-state index in [-0.39, 0.29) is 5.54 Å². The number of nitrogens with one attached hydrogen (secondary N) is 1. The summed E-state index contributed by atoms with van der Waals surface area (Å²) in [7, 11) is -2.37. The van der Waals surface area contributed by atoms with Crippen LogP contribution in [0.15, 0.2) is 0 Å². The smallest absolute Gasteiger partial charge is 0.322 e. The first kappa shape index (κ1) is 14.7. The predicted molar refractivity (Wildman–Crippen MR) is 71.2 cm³/mol. The zero-order chi connectivity index (χ0) is 13.9. The van der Waals surface area contributed by atoms with Crippen LogP contribution in [0.5, 0.6) is 0 Å². The Morgan fingerprint density at radius 1 is 1.32 bits per heavy atom. The number of carbonyl (C=O) groups excluding carboxylic acids is 1. The minimum atomic E-state index is -3.58. The standard InChI is InChI=1S/C12H22N2O4S/c1-18-11(15)9-19(16,17)14-8-7-13-10-12(14)5-3-2-4-6-12/h13H,2-10H2,1H3. The van der Waals surface area contributed by atoms with E-state index in [0.717, 1.165) is 32.1 Å². The summed E-state index contributed by atoms with van der Waals surface area (Å²) in [4.78, 5) is 11.3. The van der Waals surface area contributed by atoms with Crippen molar-refractivity contribution in [3.63, 3.8) is 0 Å². The van der Waals surface area contributed by atoms with Gasteiger partial charge >= 0.3 is 5.97 Å². The van der Waals surface area contributed by atoms with Gasteiger partial charge in [0.05, 0.1) is 7.11 Å². The second-order valence-electron chi connectivity index (χ2n) is 5.37. The summed E-state index contributed by atoms with van der Waals surface area (Å²) >= 11 is 0. The molecular weight excluding hydrogens is 268 g/mol. The Morgan fingerprint density at radius 2 is 2.00 bits per heavy atom. The van der Waals surface area contributed by atoms with Crippen LogP contribution >= 0.6 is 0 Å². The van der Waals surface area contributed by atoms with Gasteiger partial charge < -0.3 is 10.1 Å². The van der Waals surface area contributed by atoms with Crippen LogP contribution in [0.4, 0.5) is 0 Å². The van der Waals surface area contributed by atoms with Crippen molar-refractivity contribution in [2.75, 3.05) is 32.5 Å². The van der Waals surface area contributed by atoms with Crippen molar-refractivity contribution in [2.24, 2.45) is 0 Å². The van der Waals surface area contributed by atoms with E-state index in [4.69, 9.17) is 0 Å². The van der Waals surface area contributed by atoms with Gasteiger partial charge in [0.1, 0.15) is 0 Å². The van der Waals surface area contributed by atoms with Crippen molar-refractivity contribution >= 4 is 16.0 Å². The summed E-state index contributed by atoms with van der Waals surface area (Å²) in [6.07, 6.45) is 5.01. The molecule has 1 spiro atoms. The average molecular weight is 290 g/mol. The number of sulfonamides is 1. The van der Waals surface area contributed by atoms with Crippen LogP contribution in [0.1, 0.15) is 32.1 Å². The summed E-state index contributed by atoms with van der Waals surface area (Å²) in [5.41, 5.74) is -0.330. The number of nitrogens with zero attached hydrogens (tertiary/aromatic N) is 1. The molecule has 2 rings (SSSR count). The quantitative estimate of drug-likeness (QED) is 0.746. The molecule has 0 amide bonds. The second-order valence-corrected chi connectivity index (χ2v) is 7.26. The summed E-state index contributed by atoms with van der Waals surface area (Å²) in [5, 5.41) is 3.29. The molecule has 110 valence electrons. The maximum Gasteiger partial charge on any atom is 0.322 e. The third kappa shape index (κ3) is 3.09. The number of carbonyl (C=O) groups is 1. The molecule has 0 aromatic carbocycles. The number of methoxy groups -OCH3 is 1. The summed E-state index contributed by atoms with van der Waals surface area (Å²) in [6, 6.07) is 0. The first-order valence-corrected chi connectivity index (χ1v) is 8.39. The summed E-state index contributed by atoms with van der Waals surface area (Å²) < 4.78 is 30.9. The van der Waals surface area contributed by atoms with Gasteiger partial charge in [0.2, 0.25) is 10.0 Å². The van der Waals surface area contributed by atoms with Crippen molar-refractivity contribution in [2.45, 2.75) is 37.6 Å². The highest BCUT2D eigenvalue weighted by Gasteiger charge is 2.46. The number of piperazine rings is 1. The Morgan fingerprint density at radius 3 is 2.63 bits per heavy atom. The van der Waals surface area contributed by atoms with Gasteiger partial charge in [-0.2, -0.15) is 4.31 Å². The Hall–Kier alpha value is -0.660. The molecule has 1 aliphatic heterocycles. The van der Waals surface area contributed by atoms with Gasteiger partial charge in [-0.05, 0) is 12.8 Å². The molecule has 1 saturated heterocycles. The molecular formula is C12H22N2O4S. The van der Waals surface area contributed by atoms with Gasteiger partial charge in [0, 0.05) is 25.2 Å². The first-order chi connectivity index (χ1) is 9.00. The fourth-order valence-electron chi connectivity index (χ4n) is 3.18. The Labute approximate surface area is 114 Å². The Balaban J connectivity index is 2.21. The molecule has 0 radical (unpaired) electrons. The van der Waals surface area contributed by atoms with E-state index in [1.54, 1.807) is 4.31 Å². The van der Waals surface area contributed by atoms with Gasteiger partial charge in [0.15, 0.2) is 5.75 Å². The van der Waals surface area contributed by atoms with Gasteiger partial charge in [-0.15, -0.1) is 0 Å². The van der Waals surface area contributed by atoms with Gasteiger partial charge in [-0.1, -0.05) is 19.3 Å². The van der Waals surface area contributed by atoms with Crippen molar-refractivity contribution in [3.8, 4) is 0 Å².